The van der Waals surface area contributed by atoms with Gasteiger partial charge in [-0.3, -0.25) is 4.90 Å². The maximum Gasteiger partial charge on any atom is 0.242 e. The van der Waals surface area contributed by atoms with Crippen molar-refractivity contribution in [3.63, 3.8) is 0 Å². The van der Waals surface area contributed by atoms with E-state index in [2.05, 4.69) is 21.3 Å². The minimum atomic E-state index is -0.561. The van der Waals surface area contributed by atoms with Gasteiger partial charge in [0.15, 0.2) is 0 Å². The van der Waals surface area contributed by atoms with E-state index in [9.17, 15) is 14.0 Å². The molecule has 0 aliphatic carbocycles. The topological polar surface area (TPSA) is 74.1 Å². The van der Waals surface area contributed by atoms with Gasteiger partial charge >= 0.3 is 0 Å². The van der Waals surface area contributed by atoms with Crippen LogP contribution in [-0.4, -0.2) is 34.0 Å². The van der Waals surface area contributed by atoms with E-state index in [1.807, 2.05) is 25.3 Å². The highest BCUT2D eigenvalue weighted by Gasteiger charge is 2.22. The SMILES string of the molecule is Cc1cc(C#N)cc(C)c1Oc1nc(NC2CCN(Cc3ccc(F)cc3F)CC2)nc2ccsc12. The Morgan fingerprint density at radius 1 is 1.11 bits per heavy atom. The Kier molecular flexibility index (Phi) is 6.81. The number of nitrogens with one attached hydrogen (secondary N) is 1. The number of fused-ring (bicyclic) bond motifs is 1. The number of aryl methyl sites for hydroxylation is 2. The van der Waals surface area contributed by atoms with Crippen LogP contribution in [0.15, 0.2) is 41.8 Å². The molecule has 0 spiro atoms. The zero-order valence-corrected chi connectivity index (χ0v) is 20.8. The lowest BCUT2D eigenvalue weighted by Crippen LogP contribution is -2.39. The molecule has 9 heteroatoms. The Labute approximate surface area is 212 Å². The normalized spacial score (nSPS) is 14.6. The Balaban J connectivity index is 1.29. The third-order valence-electron chi connectivity index (χ3n) is 6.39. The van der Waals surface area contributed by atoms with Crippen molar-refractivity contribution in [2.45, 2.75) is 39.3 Å². The van der Waals surface area contributed by atoms with Gasteiger partial charge in [0.05, 0.1) is 17.1 Å². The molecule has 1 aliphatic rings. The number of aromatic nitrogens is 2. The summed E-state index contributed by atoms with van der Waals surface area (Å²) < 4.78 is 34.4. The summed E-state index contributed by atoms with van der Waals surface area (Å²) in [5, 5.41) is 14.6. The van der Waals surface area contributed by atoms with E-state index < -0.39 is 11.6 Å². The minimum Gasteiger partial charge on any atom is -0.437 e. The van der Waals surface area contributed by atoms with Gasteiger partial charge in [-0.05, 0) is 67.5 Å². The second-order valence-corrected chi connectivity index (χ2v) is 9.99. The number of anilines is 1. The molecule has 0 radical (unpaired) electrons. The molecule has 1 aliphatic heterocycles. The van der Waals surface area contributed by atoms with Crippen LogP contribution in [0.3, 0.4) is 0 Å². The van der Waals surface area contributed by atoms with E-state index in [-0.39, 0.29) is 6.04 Å². The van der Waals surface area contributed by atoms with Crippen LogP contribution in [0.4, 0.5) is 14.7 Å². The van der Waals surface area contributed by atoms with Gasteiger partial charge in [-0.15, -0.1) is 11.3 Å². The number of piperidine rings is 1. The molecule has 2 aromatic carbocycles. The van der Waals surface area contributed by atoms with Crippen LogP contribution < -0.4 is 10.1 Å². The van der Waals surface area contributed by atoms with Crippen LogP contribution in [-0.2, 0) is 6.54 Å². The Hall–Kier alpha value is -3.61. The number of ether oxygens (including phenoxy) is 1. The second kappa shape index (κ2) is 10.2. The Morgan fingerprint density at radius 2 is 1.86 bits per heavy atom. The first-order chi connectivity index (χ1) is 17.4. The van der Waals surface area contributed by atoms with Crippen molar-refractivity contribution in [2.24, 2.45) is 0 Å². The number of halogens is 2. The zero-order chi connectivity index (χ0) is 25.2. The second-order valence-electron chi connectivity index (χ2n) is 9.07. The lowest BCUT2D eigenvalue weighted by atomic mass is 10.0. The summed E-state index contributed by atoms with van der Waals surface area (Å²) >= 11 is 1.52. The predicted molar refractivity (Wildman–Crippen MR) is 136 cm³/mol. The molecule has 1 saturated heterocycles. The Morgan fingerprint density at radius 3 is 2.56 bits per heavy atom. The average molecular weight is 506 g/mol. The van der Waals surface area contributed by atoms with E-state index in [0.29, 0.717) is 35.2 Å². The molecule has 0 saturated carbocycles. The number of thiophene rings is 1. The minimum absolute atomic E-state index is 0.168. The number of hydrogen-bond acceptors (Lipinski definition) is 7. The van der Waals surface area contributed by atoms with Crippen molar-refractivity contribution < 1.29 is 13.5 Å². The van der Waals surface area contributed by atoms with E-state index >= 15 is 0 Å². The van der Waals surface area contributed by atoms with Gasteiger partial charge in [0.25, 0.3) is 0 Å². The van der Waals surface area contributed by atoms with Crippen LogP contribution in [0.1, 0.15) is 35.1 Å². The van der Waals surface area contributed by atoms with Gasteiger partial charge in [0, 0.05) is 37.3 Å². The molecule has 0 bridgehead atoms. The van der Waals surface area contributed by atoms with E-state index in [1.165, 1.54) is 23.5 Å². The predicted octanol–water partition coefficient (Wildman–Crippen LogP) is 6.33. The largest absolute Gasteiger partial charge is 0.437 e. The van der Waals surface area contributed by atoms with Gasteiger partial charge in [-0.2, -0.15) is 10.2 Å². The zero-order valence-electron chi connectivity index (χ0n) is 20.0. The molecule has 0 amide bonds. The molecule has 36 heavy (non-hydrogen) atoms. The number of benzene rings is 2. The lowest BCUT2D eigenvalue weighted by molar-refractivity contribution is 0.208. The Bertz CT molecular complexity index is 1430. The summed E-state index contributed by atoms with van der Waals surface area (Å²) in [5.74, 6) is 0.609. The van der Waals surface area contributed by atoms with Crippen molar-refractivity contribution in [3.8, 4) is 17.7 Å². The van der Waals surface area contributed by atoms with Crippen LogP contribution >= 0.6 is 11.3 Å². The van der Waals surface area contributed by atoms with Crippen molar-refractivity contribution in [1.29, 1.82) is 5.26 Å². The van der Waals surface area contributed by atoms with Crippen molar-refractivity contribution in [2.75, 3.05) is 18.4 Å². The quantitative estimate of drug-likeness (QED) is 0.330. The van der Waals surface area contributed by atoms with Crippen LogP contribution in [0.2, 0.25) is 0 Å². The standard InChI is InChI=1S/C27H25F2N5OS/c1-16-11-18(14-30)12-17(2)24(16)35-26-25-23(7-10-36-25)32-27(33-26)31-21-5-8-34(9-6-21)15-19-3-4-20(28)13-22(19)29/h3-4,7,10-13,21H,5-6,8-9,15H2,1-2H3,(H,31,32,33). The number of nitrogens with zero attached hydrogens (tertiary/aromatic N) is 4. The molecular formula is C27H25F2N5OS. The van der Waals surface area contributed by atoms with Gasteiger partial charge < -0.3 is 10.1 Å². The van der Waals surface area contributed by atoms with E-state index in [4.69, 9.17) is 9.72 Å². The first-order valence-electron chi connectivity index (χ1n) is 11.8. The molecule has 0 atom stereocenters. The average Bonchev–Trinajstić information content (AvgIpc) is 3.33. The number of rotatable bonds is 6. The third-order valence-corrected chi connectivity index (χ3v) is 7.28. The fourth-order valence-electron chi connectivity index (χ4n) is 4.55. The maximum atomic E-state index is 14.0. The molecular weight excluding hydrogens is 480 g/mol. The summed E-state index contributed by atoms with van der Waals surface area (Å²) in [6.07, 6.45) is 1.69. The summed E-state index contributed by atoms with van der Waals surface area (Å²) in [6.45, 7) is 5.85. The summed E-state index contributed by atoms with van der Waals surface area (Å²) in [4.78, 5) is 11.5. The molecule has 5 rings (SSSR count). The number of likely N-dealkylation sites (tertiary alicyclic amines) is 1. The smallest absolute Gasteiger partial charge is 0.242 e. The van der Waals surface area contributed by atoms with Crippen LogP contribution in [0.25, 0.3) is 10.2 Å². The third kappa shape index (κ3) is 5.15. The van der Waals surface area contributed by atoms with Crippen molar-refractivity contribution in [1.82, 2.24) is 14.9 Å². The molecule has 6 nitrogen and oxygen atoms in total. The van der Waals surface area contributed by atoms with Crippen molar-refractivity contribution >= 4 is 27.5 Å². The molecule has 2 aromatic heterocycles. The van der Waals surface area contributed by atoms with E-state index in [0.717, 1.165) is 53.3 Å². The van der Waals surface area contributed by atoms with Gasteiger partial charge in [0.1, 0.15) is 22.1 Å². The molecule has 1 N–H and O–H groups in total. The lowest BCUT2D eigenvalue weighted by Gasteiger charge is -2.32. The first-order valence-corrected chi connectivity index (χ1v) is 12.6. The molecule has 3 heterocycles. The van der Waals surface area contributed by atoms with Crippen LogP contribution in [0, 0.1) is 36.8 Å². The highest BCUT2D eigenvalue weighted by Crippen LogP contribution is 2.36. The van der Waals surface area contributed by atoms with Crippen molar-refractivity contribution in [3.05, 3.63) is 75.7 Å². The highest BCUT2D eigenvalue weighted by molar-refractivity contribution is 7.17. The maximum absolute atomic E-state index is 14.0. The monoisotopic (exact) mass is 505 g/mol. The summed E-state index contributed by atoms with van der Waals surface area (Å²) in [6, 6.07) is 11.6. The molecule has 4 aromatic rings. The summed E-state index contributed by atoms with van der Waals surface area (Å²) in [7, 11) is 0. The van der Waals surface area contributed by atoms with Gasteiger partial charge in [0.2, 0.25) is 11.8 Å². The van der Waals surface area contributed by atoms with Gasteiger partial charge in [-0.1, -0.05) is 6.07 Å². The molecule has 184 valence electrons. The molecule has 1 fully saturated rings. The van der Waals surface area contributed by atoms with Gasteiger partial charge in [-0.25, -0.2) is 13.8 Å². The highest BCUT2D eigenvalue weighted by atomic mass is 32.1. The number of hydrogen-bond donors (Lipinski definition) is 1. The van der Waals surface area contributed by atoms with Crippen LogP contribution in [0.5, 0.6) is 11.6 Å². The first kappa shape index (κ1) is 24.1. The fourth-order valence-corrected chi connectivity index (χ4v) is 5.31. The molecule has 0 unspecified atom stereocenters. The number of nitriles is 1. The van der Waals surface area contributed by atoms with E-state index in [1.54, 1.807) is 12.1 Å². The summed E-state index contributed by atoms with van der Waals surface area (Å²) in [5.41, 5.74) is 3.64. The fraction of sp³-hybridized carbons (Fsp3) is 0.296.